The van der Waals surface area contributed by atoms with E-state index in [0.29, 0.717) is 11.3 Å². The summed E-state index contributed by atoms with van der Waals surface area (Å²) in [5.74, 6) is -0.296. The Labute approximate surface area is 144 Å². The molecule has 0 saturated carbocycles. The van der Waals surface area contributed by atoms with Crippen molar-refractivity contribution in [1.82, 2.24) is 4.90 Å². The normalized spacial score (nSPS) is 16.4. The molecule has 5 nitrogen and oxygen atoms in total. The van der Waals surface area contributed by atoms with Gasteiger partial charge in [-0.2, -0.15) is 0 Å². The van der Waals surface area contributed by atoms with Gasteiger partial charge in [-0.25, -0.2) is 0 Å². The van der Waals surface area contributed by atoms with Crippen LogP contribution in [0.15, 0.2) is 56.5 Å². The van der Waals surface area contributed by atoms with Crippen LogP contribution in [-0.2, 0) is 4.79 Å². The second kappa shape index (κ2) is 6.55. The number of imide groups is 1. The summed E-state index contributed by atoms with van der Waals surface area (Å²) in [4.78, 5) is 37.7. The van der Waals surface area contributed by atoms with Gasteiger partial charge < -0.3 is 4.42 Å². The van der Waals surface area contributed by atoms with E-state index in [1.807, 2.05) is 0 Å². The Hall–Kier alpha value is -2.12. The SMILES string of the molecule is O=C(CN1C(=O)SC(=Cc2ccco2)C1=O)c1ccc(Br)cc1. The van der Waals surface area contributed by atoms with Gasteiger partial charge in [0.1, 0.15) is 5.76 Å². The summed E-state index contributed by atoms with van der Waals surface area (Å²) in [7, 11) is 0. The van der Waals surface area contributed by atoms with Gasteiger partial charge in [-0.05, 0) is 36.0 Å². The molecule has 3 rings (SSSR count). The fraction of sp³-hybridized carbons (Fsp3) is 0.0625. The van der Waals surface area contributed by atoms with E-state index in [2.05, 4.69) is 15.9 Å². The number of halogens is 1. The van der Waals surface area contributed by atoms with Crippen LogP contribution in [0.3, 0.4) is 0 Å². The Kier molecular flexibility index (Phi) is 4.49. The summed E-state index contributed by atoms with van der Waals surface area (Å²) in [6.45, 7) is -0.276. The maximum atomic E-state index is 12.3. The Balaban J connectivity index is 1.75. The van der Waals surface area contributed by atoms with Gasteiger partial charge in [0.2, 0.25) is 0 Å². The molecule has 0 spiro atoms. The number of hydrogen-bond acceptors (Lipinski definition) is 5. The highest BCUT2D eigenvalue weighted by Crippen LogP contribution is 2.32. The van der Waals surface area contributed by atoms with E-state index < -0.39 is 11.1 Å². The summed E-state index contributed by atoms with van der Waals surface area (Å²) in [5, 5.41) is -0.460. The van der Waals surface area contributed by atoms with Crippen LogP contribution in [0.1, 0.15) is 16.1 Å². The van der Waals surface area contributed by atoms with Crippen LogP contribution < -0.4 is 0 Å². The highest BCUT2D eigenvalue weighted by molar-refractivity contribution is 9.10. The highest BCUT2D eigenvalue weighted by Gasteiger charge is 2.36. The first-order valence-electron chi connectivity index (χ1n) is 6.62. The van der Waals surface area contributed by atoms with Crippen LogP contribution in [-0.4, -0.2) is 28.4 Å². The molecule has 0 N–H and O–H groups in total. The number of amides is 2. The van der Waals surface area contributed by atoms with Gasteiger partial charge >= 0.3 is 0 Å². The molecule has 23 heavy (non-hydrogen) atoms. The van der Waals surface area contributed by atoms with Crippen LogP contribution in [0.2, 0.25) is 0 Å². The van der Waals surface area contributed by atoms with Crippen molar-refractivity contribution in [2.75, 3.05) is 6.54 Å². The zero-order valence-corrected chi connectivity index (χ0v) is 14.1. The largest absolute Gasteiger partial charge is 0.465 e. The molecule has 1 aliphatic heterocycles. The number of rotatable bonds is 4. The van der Waals surface area contributed by atoms with E-state index in [4.69, 9.17) is 4.42 Å². The summed E-state index contributed by atoms with van der Waals surface area (Å²) in [5.41, 5.74) is 0.447. The predicted octanol–water partition coefficient (Wildman–Crippen LogP) is 3.96. The van der Waals surface area contributed by atoms with Gasteiger partial charge in [0, 0.05) is 16.1 Å². The Morgan fingerprint density at radius 1 is 1.22 bits per heavy atom. The molecule has 7 heteroatoms. The number of hydrogen-bond donors (Lipinski definition) is 0. The standard InChI is InChI=1S/C16H10BrNO4S/c17-11-5-3-10(4-6-11)13(19)9-18-15(20)14(23-16(18)21)8-12-2-1-7-22-12/h1-8H,9H2. The Bertz CT molecular complexity index is 796. The van der Waals surface area contributed by atoms with Crippen molar-refractivity contribution >= 4 is 50.7 Å². The number of nitrogens with zero attached hydrogens (tertiary/aromatic N) is 1. The van der Waals surface area contributed by atoms with Crippen molar-refractivity contribution in [1.29, 1.82) is 0 Å². The van der Waals surface area contributed by atoms with E-state index in [1.165, 1.54) is 12.3 Å². The maximum Gasteiger partial charge on any atom is 0.293 e. The molecule has 1 aromatic heterocycles. The van der Waals surface area contributed by atoms with E-state index >= 15 is 0 Å². The smallest absolute Gasteiger partial charge is 0.293 e. The minimum absolute atomic E-state index is 0.244. The highest BCUT2D eigenvalue weighted by atomic mass is 79.9. The van der Waals surface area contributed by atoms with Crippen LogP contribution in [0.25, 0.3) is 6.08 Å². The molecule has 0 unspecified atom stereocenters. The van der Waals surface area contributed by atoms with Gasteiger partial charge in [-0.15, -0.1) is 0 Å². The van der Waals surface area contributed by atoms with Crippen molar-refractivity contribution in [2.45, 2.75) is 0 Å². The maximum absolute atomic E-state index is 12.3. The lowest BCUT2D eigenvalue weighted by Gasteiger charge is -2.11. The molecule has 1 aliphatic rings. The third kappa shape index (κ3) is 3.46. The number of benzene rings is 1. The van der Waals surface area contributed by atoms with E-state index in [9.17, 15) is 14.4 Å². The number of ketones is 1. The summed E-state index contributed by atoms with van der Waals surface area (Å²) in [6, 6.07) is 10.1. The van der Waals surface area contributed by atoms with Gasteiger partial charge in [0.05, 0.1) is 17.7 Å². The van der Waals surface area contributed by atoms with Crippen LogP contribution in [0.4, 0.5) is 4.79 Å². The zero-order valence-electron chi connectivity index (χ0n) is 11.7. The quantitative estimate of drug-likeness (QED) is 0.582. The molecule has 2 amide bonds. The van der Waals surface area contributed by atoms with Crippen LogP contribution in [0, 0.1) is 0 Å². The molecule has 0 atom stereocenters. The van der Waals surface area contributed by atoms with Crippen molar-refractivity contribution < 1.29 is 18.8 Å². The fourth-order valence-electron chi connectivity index (χ4n) is 2.01. The average Bonchev–Trinajstić information content (AvgIpc) is 3.12. The molecule has 1 saturated heterocycles. The van der Waals surface area contributed by atoms with Gasteiger partial charge in [-0.1, -0.05) is 28.1 Å². The predicted molar refractivity (Wildman–Crippen MR) is 89.9 cm³/mol. The van der Waals surface area contributed by atoms with Crippen molar-refractivity contribution in [3.8, 4) is 0 Å². The molecule has 1 fully saturated rings. The van der Waals surface area contributed by atoms with Gasteiger partial charge in [0.15, 0.2) is 5.78 Å². The first-order valence-corrected chi connectivity index (χ1v) is 8.23. The van der Waals surface area contributed by atoms with E-state index in [-0.39, 0.29) is 17.2 Å². The molecule has 1 aromatic carbocycles. The summed E-state index contributed by atoms with van der Waals surface area (Å²) < 4.78 is 5.98. The van der Waals surface area contributed by atoms with Crippen molar-refractivity contribution in [3.63, 3.8) is 0 Å². The molecule has 116 valence electrons. The lowest BCUT2D eigenvalue weighted by molar-refractivity contribution is -0.122. The first kappa shape index (κ1) is 15.8. The second-order valence-electron chi connectivity index (χ2n) is 4.71. The first-order chi connectivity index (χ1) is 11.0. The van der Waals surface area contributed by atoms with Crippen LogP contribution in [0.5, 0.6) is 0 Å². The fourth-order valence-corrected chi connectivity index (χ4v) is 3.09. The van der Waals surface area contributed by atoms with Gasteiger partial charge in [0.25, 0.3) is 11.1 Å². The number of furan rings is 1. The minimum Gasteiger partial charge on any atom is -0.465 e. The van der Waals surface area contributed by atoms with Crippen molar-refractivity contribution in [3.05, 3.63) is 63.4 Å². The minimum atomic E-state index is -0.484. The number of Topliss-reactive ketones (excluding diaryl/α,β-unsaturated/α-hetero) is 1. The zero-order chi connectivity index (χ0) is 16.4. The molecule has 2 heterocycles. The molecular weight excluding hydrogens is 382 g/mol. The van der Waals surface area contributed by atoms with Gasteiger partial charge in [-0.3, -0.25) is 19.3 Å². The number of thioether (sulfide) groups is 1. The molecule has 2 aromatic rings. The number of carbonyl (C=O) groups is 3. The average molecular weight is 392 g/mol. The second-order valence-corrected chi connectivity index (χ2v) is 6.62. The Morgan fingerprint density at radius 3 is 2.61 bits per heavy atom. The third-order valence-electron chi connectivity index (χ3n) is 3.16. The lowest BCUT2D eigenvalue weighted by atomic mass is 10.1. The molecular formula is C16H10BrNO4S. The summed E-state index contributed by atoms with van der Waals surface area (Å²) in [6.07, 6.45) is 2.97. The topological polar surface area (TPSA) is 67.6 Å². The lowest BCUT2D eigenvalue weighted by Crippen LogP contribution is -2.33. The molecule has 0 bridgehead atoms. The van der Waals surface area contributed by atoms with Crippen LogP contribution >= 0.6 is 27.7 Å². The number of carbonyl (C=O) groups excluding carboxylic acids is 3. The third-order valence-corrected chi connectivity index (χ3v) is 4.59. The molecule has 0 radical (unpaired) electrons. The summed E-state index contributed by atoms with van der Waals surface area (Å²) >= 11 is 4.09. The van der Waals surface area contributed by atoms with Crippen molar-refractivity contribution in [2.24, 2.45) is 0 Å². The van der Waals surface area contributed by atoms with E-state index in [0.717, 1.165) is 21.1 Å². The Morgan fingerprint density at radius 2 is 1.96 bits per heavy atom. The molecule has 0 aliphatic carbocycles. The monoisotopic (exact) mass is 391 g/mol. The van der Waals surface area contributed by atoms with E-state index in [1.54, 1.807) is 36.4 Å².